The Kier molecular flexibility index (Phi) is 12.6. The molecule has 0 radical (unpaired) electrons. The number of carbonyl (C=O) groups excluding carboxylic acids is 1. The minimum absolute atomic E-state index is 0.00630. The Morgan fingerprint density at radius 3 is 1.75 bits per heavy atom. The van der Waals surface area contributed by atoms with Gasteiger partial charge in [0.1, 0.15) is 5.60 Å². The van der Waals surface area contributed by atoms with E-state index in [1.807, 2.05) is 34.6 Å². The SMILES string of the molecule is CC.CC(C)(CN)COCC(C)(C)COCCC(=O)OC(C)(C)C. The number of hydrogen-bond donors (Lipinski definition) is 1. The number of esters is 1. The maximum absolute atomic E-state index is 11.6. The predicted molar refractivity (Wildman–Crippen MR) is 100 cm³/mol. The zero-order chi connectivity index (χ0) is 19.4. The van der Waals surface area contributed by atoms with E-state index in [1.54, 1.807) is 0 Å². The third-order valence-corrected chi connectivity index (χ3v) is 2.90. The molecular weight excluding hydrogens is 306 g/mol. The van der Waals surface area contributed by atoms with Crippen molar-refractivity contribution in [3.63, 3.8) is 0 Å². The van der Waals surface area contributed by atoms with E-state index in [1.165, 1.54) is 0 Å². The molecule has 0 spiro atoms. The molecule has 2 N–H and O–H groups in total. The summed E-state index contributed by atoms with van der Waals surface area (Å²) in [6.07, 6.45) is 0.272. The van der Waals surface area contributed by atoms with Crippen LogP contribution in [0.2, 0.25) is 0 Å². The molecule has 0 rings (SSSR count). The molecule has 0 aromatic carbocycles. The third kappa shape index (κ3) is 16.2. The first-order valence-corrected chi connectivity index (χ1v) is 8.94. The quantitative estimate of drug-likeness (QED) is 0.481. The van der Waals surface area contributed by atoms with Crippen LogP contribution in [0.4, 0.5) is 0 Å². The summed E-state index contributed by atoms with van der Waals surface area (Å²) in [7, 11) is 0. The van der Waals surface area contributed by atoms with E-state index < -0.39 is 5.60 Å². The van der Waals surface area contributed by atoms with Crippen molar-refractivity contribution in [1.82, 2.24) is 0 Å². The molecule has 0 saturated heterocycles. The average Bonchev–Trinajstić information content (AvgIpc) is 2.43. The number of nitrogens with two attached hydrogens (primary N) is 1. The topological polar surface area (TPSA) is 70.8 Å². The molecule has 146 valence electrons. The van der Waals surface area contributed by atoms with E-state index in [0.29, 0.717) is 33.0 Å². The Labute approximate surface area is 149 Å². The summed E-state index contributed by atoms with van der Waals surface area (Å²) >= 11 is 0. The van der Waals surface area contributed by atoms with Crippen LogP contribution in [0, 0.1) is 10.8 Å². The van der Waals surface area contributed by atoms with Gasteiger partial charge in [-0.05, 0) is 27.3 Å². The maximum atomic E-state index is 11.6. The zero-order valence-electron chi connectivity index (χ0n) is 17.5. The van der Waals surface area contributed by atoms with Crippen molar-refractivity contribution in [2.24, 2.45) is 16.6 Å². The van der Waals surface area contributed by atoms with Crippen LogP contribution in [0.1, 0.15) is 68.7 Å². The van der Waals surface area contributed by atoms with Gasteiger partial charge in [0, 0.05) is 10.8 Å². The van der Waals surface area contributed by atoms with Gasteiger partial charge in [-0.2, -0.15) is 0 Å². The van der Waals surface area contributed by atoms with Crippen molar-refractivity contribution < 1.29 is 19.0 Å². The van der Waals surface area contributed by atoms with Crippen LogP contribution in [0.3, 0.4) is 0 Å². The molecule has 0 fully saturated rings. The van der Waals surface area contributed by atoms with Crippen LogP contribution < -0.4 is 5.73 Å². The number of carbonyl (C=O) groups is 1. The monoisotopic (exact) mass is 347 g/mol. The molecule has 0 atom stereocenters. The highest BCUT2D eigenvalue weighted by Gasteiger charge is 2.22. The van der Waals surface area contributed by atoms with Gasteiger partial charge in [-0.25, -0.2) is 0 Å². The van der Waals surface area contributed by atoms with Crippen LogP contribution in [-0.4, -0.2) is 44.5 Å². The standard InChI is InChI=1S/C17H35NO4.C2H6/c1-15(2,3)22-14(19)8-9-20-12-17(6,7)13-21-11-16(4,5)10-18;1-2/h8-13,18H2,1-7H3;1-2H3. The van der Waals surface area contributed by atoms with Gasteiger partial charge in [-0.15, -0.1) is 0 Å². The van der Waals surface area contributed by atoms with Crippen LogP contribution in [0.15, 0.2) is 0 Å². The van der Waals surface area contributed by atoms with E-state index in [9.17, 15) is 4.79 Å². The summed E-state index contributed by atoms with van der Waals surface area (Å²) < 4.78 is 16.6. The van der Waals surface area contributed by atoms with Crippen molar-refractivity contribution in [2.75, 3.05) is 33.0 Å². The molecule has 0 saturated carbocycles. The van der Waals surface area contributed by atoms with E-state index in [-0.39, 0.29) is 23.2 Å². The number of rotatable bonds is 10. The molecule has 0 aliphatic heterocycles. The number of ether oxygens (including phenoxy) is 3. The lowest BCUT2D eigenvalue weighted by atomic mass is 9.94. The maximum Gasteiger partial charge on any atom is 0.308 e. The van der Waals surface area contributed by atoms with Crippen molar-refractivity contribution in [2.45, 2.75) is 74.3 Å². The van der Waals surface area contributed by atoms with Gasteiger partial charge >= 0.3 is 5.97 Å². The molecule has 0 aromatic heterocycles. The van der Waals surface area contributed by atoms with E-state index in [0.717, 1.165) is 0 Å². The second-order valence-electron chi connectivity index (χ2n) is 8.41. The summed E-state index contributed by atoms with van der Waals surface area (Å²) in [6.45, 7) is 20.6. The van der Waals surface area contributed by atoms with Gasteiger partial charge < -0.3 is 19.9 Å². The lowest BCUT2D eigenvalue weighted by molar-refractivity contribution is -0.156. The molecule has 5 heteroatoms. The Bertz CT molecular complexity index is 333. The Morgan fingerprint density at radius 1 is 0.833 bits per heavy atom. The van der Waals surface area contributed by atoms with Crippen LogP contribution in [-0.2, 0) is 19.0 Å². The van der Waals surface area contributed by atoms with E-state index in [4.69, 9.17) is 19.9 Å². The molecule has 0 amide bonds. The van der Waals surface area contributed by atoms with Crippen molar-refractivity contribution in [3.8, 4) is 0 Å². The van der Waals surface area contributed by atoms with Crippen molar-refractivity contribution >= 4 is 5.97 Å². The summed E-state index contributed by atoms with van der Waals surface area (Å²) in [6, 6.07) is 0. The van der Waals surface area contributed by atoms with Crippen molar-refractivity contribution in [3.05, 3.63) is 0 Å². The molecule has 5 nitrogen and oxygen atoms in total. The smallest absolute Gasteiger partial charge is 0.308 e. The zero-order valence-corrected chi connectivity index (χ0v) is 17.5. The Morgan fingerprint density at radius 2 is 1.29 bits per heavy atom. The van der Waals surface area contributed by atoms with Crippen molar-refractivity contribution in [1.29, 1.82) is 0 Å². The van der Waals surface area contributed by atoms with Gasteiger partial charge in [-0.1, -0.05) is 41.5 Å². The van der Waals surface area contributed by atoms with Gasteiger partial charge in [0.05, 0.1) is 32.8 Å². The fourth-order valence-corrected chi connectivity index (χ4v) is 1.60. The molecule has 0 heterocycles. The summed E-state index contributed by atoms with van der Waals surface area (Å²) in [5, 5.41) is 0. The summed E-state index contributed by atoms with van der Waals surface area (Å²) in [4.78, 5) is 11.6. The van der Waals surface area contributed by atoms with E-state index >= 15 is 0 Å². The molecule has 0 unspecified atom stereocenters. The molecule has 0 aromatic rings. The van der Waals surface area contributed by atoms with Gasteiger partial charge in [0.15, 0.2) is 0 Å². The highest BCUT2D eigenvalue weighted by atomic mass is 16.6. The predicted octanol–water partition coefficient (Wildman–Crippen LogP) is 3.79. The Hall–Kier alpha value is -0.650. The lowest BCUT2D eigenvalue weighted by Gasteiger charge is -2.28. The first kappa shape index (κ1) is 25.6. The lowest BCUT2D eigenvalue weighted by Crippen LogP contribution is -2.33. The minimum atomic E-state index is -0.444. The fraction of sp³-hybridized carbons (Fsp3) is 0.947. The third-order valence-electron chi connectivity index (χ3n) is 2.90. The van der Waals surface area contributed by atoms with Gasteiger partial charge in [0.25, 0.3) is 0 Å². The highest BCUT2D eigenvalue weighted by molar-refractivity contribution is 5.69. The normalized spacial score (nSPS) is 12.4. The molecule has 0 bridgehead atoms. The highest BCUT2D eigenvalue weighted by Crippen LogP contribution is 2.19. The summed E-state index contributed by atoms with van der Waals surface area (Å²) in [5.41, 5.74) is 5.13. The average molecular weight is 348 g/mol. The first-order valence-electron chi connectivity index (χ1n) is 8.94. The Balaban J connectivity index is 0. The number of hydrogen-bond acceptors (Lipinski definition) is 5. The largest absolute Gasteiger partial charge is 0.460 e. The van der Waals surface area contributed by atoms with Gasteiger partial charge in [-0.3, -0.25) is 4.79 Å². The molecule has 24 heavy (non-hydrogen) atoms. The van der Waals surface area contributed by atoms with Crippen LogP contribution in [0.25, 0.3) is 0 Å². The fourth-order valence-electron chi connectivity index (χ4n) is 1.60. The van der Waals surface area contributed by atoms with E-state index in [2.05, 4.69) is 27.7 Å². The van der Waals surface area contributed by atoms with Crippen LogP contribution in [0.5, 0.6) is 0 Å². The summed E-state index contributed by atoms with van der Waals surface area (Å²) in [5.74, 6) is -0.230. The van der Waals surface area contributed by atoms with Crippen LogP contribution >= 0.6 is 0 Å². The molecule has 0 aliphatic carbocycles. The van der Waals surface area contributed by atoms with Gasteiger partial charge in [0.2, 0.25) is 0 Å². The first-order chi connectivity index (χ1) is 10.9. The molecular formula is C19H41NO4. The minimum Gasteiger partial charge on any atom is -0.460 e. The second-order valence-corrected chi connectivity index (χ2v) is 8.41. The second kappa shape index (κ2) is 11.8. The molecule has 0 aliphatic rings.